The first-order valence-electron chi connectivity index (χ1n) is 5.57. The number of rotatable bonds is 9. The summed E-state index contributed by atoms with van der Waals surface area (Å²) < 4.78 is 0. The Bertz CT molecular complexity index is 96.1. The number of unbranched alkanes of at least 4 members (excludes halogenated alkanes) is 4. The summed E-state index contributed by atoms with van der Waals surface area (Å²) >= 11 is 1.83. The van der Waals surface area contributed by atoms with Crippen molar-refractivity contribution in [2.45, 2.75) is 58.5 Å². The molecule has 0 aliphatic rings. The van der Waals surface area contributed by atoms with Crippen molar-refractivity contribution >= 4 is 11.8 Å². The normalized spacial score (nSPS) is 13.2. The van der Waals surface area contributed by atoms with Crippen molar-refractivity contribution in [1.82, 2.24) is 0 Å². The van der Waals surface area contributed by atoms with Crippen molar-refractivity contribution in [2.24, 2.45) is 0 Å². The molecule has 1 atom stereocenters. The summed E-state index contributed by atoms with van der Waals surface area (Å²) in [6, 6.07) is 0. The minimum absolute atomic E-state index is 0.0634. The zero-order valence-electron chi connectivity index (χ0n) is 9.09. The lowest BCUT2D eigenvalue weighted by atomic mass is 10.1. The number of aliphatic hydroxyl groups is 1. The van der Waals surface area contributed by atoms with Crippen LogP contribution < -0.4 is 0 Å². The Kier molecular flexibility index (Phi) is 10.6. The average Bonchev–Trinajstić information content (AvgIpc) is 2.14. The van der Waals surface area contributed by atoms with Crippen LogP contribution in [0.2, 0.25) is 0 Å². The standard InChI is InChI=1S/C11H24OS/c1-3-5-6-7-8-9-11(12)10-13-4-2/h11-12H,3-10H2,1-2H3. The maximum absolute atomic E-state index is 9.52. The first-order valence-corrected chi connectivity index (χ1v) is 6.72. The first kappa shape index (κ1) is 13.3. The van der Waals surface area contributed by atoms with E-state index in [1.165, 1.54) is 32.1 Å². The van der Waals surface area contributed by atoms with Gasteiger partial charge in [0.2, 0.25) is 0 Å². The lowest BCUT2D eigenvalue weighted by Crippen LogP contribution is -2.09. The Balaban J connectivity index is 3.03. The van der Waals surface area contributed by atoms with Gasteiger partial charge in [-0.1, -0.05) is 46.0 Å². The van der Waals surface area contributed by atoms with Crippen LogP contribution in [0.5, 0.6) is 0 Å². The molecule has 0 rings (SSSR count). The molecule has 0 aromatic carbocycles. The van der Waals surface area contributed by atoms with Crippen molar-refractivity contribution in [3.05, 3.63) is 0 Å². The highest BCUT2D eigenvalue weighted by atomic mass is 32.2. The molecule has 0 aromatic heterocycles. The Hall–Kier alpha value is 0.310. The van der Waals surface area contributed by atoms with Gasteiger partial charge in [-0.25, -0.2) is 0 Å². The second-order valence-corrected chi connectivity index (χ2v) is 4.84. The van der Waals surface area contributed by atoms with E-state index in [-0.39, 0.29) is 6.10 Å². The van der Waals surface area contributed by atoms with Crippen LogP contribution in [-0.2, 0) is 0 Å². The van der Waals surface area contributed by atoms with Crippen LogP contribution in [0.3, 0.4) is 0 Å². The van der Waals surface area contributed by atoms with Crippen LogP contribution in [0, 0.1) is 0 Å². The molecule has 1 unspecified atom stereocenters. The summed E-state index contributed by atoms with van der Waals surface area (Å²) in [4.78, 5) is 0. The fourth-order valence-electron chi connectivity index (χ4n) is 1.32. The van der Waals surface area contributed by atoms with Crippen molar-refractivity contribution in [3.63, 3.8) is 0 Å². The first-order chi connectivity index (χ1) is 6.31. The molecule has 0 fully saturated rings. The highest BCUT2D eigenvalue weighted by Gasteiger charge is 2.02. The molecular formula is C11H24OS. The van der Waals surface area contributed by atoms with Crippen molar-refractivity contribution in [2.75, 3.05) is 11.5 Å². The van der Waals surface area contributed by atoms with Gasteiger partial charge in [-0.15, -0.1) is 0 Å². The third-order valence-corrected chi connectivity index (χ3v) is 3.18. The molecule has 0 heterocycles. The Labute approximate surface area is 87.3 Å². The number of thioether (sulfide) groups is 1. The van der Waals surface area contributed by atoms with Crippen molar-refractivity contribution in [3.8, 4) is 0 Å². The van der Waals surface area contributed by atoms with E-state index in [0.29, 0.717) is 0 Å². The van der Waals surface area contributed by atoms with E-state index in [4.69, 9.17) is 0 Å². The Morgan fingerprint density at radius 2 is 1.77 bits per heavy atom. The van der Waals surface area contributed by atoms with Gasteiger partial charge in [0.15, 0.2) is 0 Å². The average molecular weight is 204 g/mol. The van der Waals surface area contributed by atoms with Gasteiger partial charge in [0.05, 0.1) is 6.10 Å². The minimum atomic E-state index is -0.0634. The minimum Gasteiger partial charge on any atom is -0.392 e. The van der Waals surface area contributed by atoms with Gasteiger partial charge < -0.3 is 5.11 Å². The third-order valence-electron chi connectivity index (χ3n) is 2.16. The zero-order chi connectivity index (χ0) is 9.94. The van der Waals surface area contributed by atoms with Crippen LogP contribution >= 0.6 is 11.8 Å². The summed E-state index contributed by atoms with van der Waals surface area (Å²) in [6.07, 6.45) is 7.41. The number of aliphatic hydroxyl groups excluding tert-OH is 1. The maximum atomic E-state index is 9.52. The van der Waals surface area contributed by atoms with Gasteiger partial charge in [-0.05, 0) is 12.2 Å². The van der Waals surface area contributed by atoms with Gasteiger partial charge in [0, 0.05) is 5.75 Å². The Morgan fingerprint density at radius 1 is 1.08 bits per heavy atom. The van der Waals surface area contributed by atoms with E-state index in [2.05, 4.69) is 13.8 Å². The van der Waals surface area contributed by atoms with Crippen LogP contribution in [0.1, 0.15) is 52.4 Å². The summed E-state index contributed by atoms with van der Waals surface area (Å²) in [6.45, 7) is 4.37. The van der Waals surface area contributed by atoms with Gasteiger partial charge in [-0.3, -0.25) is 0 Å². The van der Waals surface area contributed by atoms with E-state index in [1.807, 2.05) is 11.8 Å². The number of hydrogen-bond donors (Lipinski definition) is 1. The van der Waals surface area contributed by atoms with Crippen molar-refractivity contribution < 1.29 is 5.11 Å². The van der Waals surface area contributed by atoms with E-state index in [1.54, 1.807) is 0 Å². The van der Waals surface area contributed by atoms with E-state index in [9.17, 15) is 5.11 Å². The predicted molar refractivity (Wildman–Crippen MR) is 62.4 cm³/mol. The molecule has 0 radical (unpaired) electrons. The van der Waals surface area contributed by atoms with Gasteiger partial charge >= 0.3 is 0 Å². The fraction of sp³-hybridized carbons (Fsp3) is 1.00. The molecule has 0 bridgehead atoms. The summed E-state index contributed by atoms with van der Waals surface area (Å²) in [5.74, 6) is 2.04. The highest BCUT2D eigenvalue weighted by Crippen LogP contribution is 2.10. The molecule has 0 spiro atoms. The fourth-order valence-corrected chi connectivity index (χ4v) is 2.00. The van der Waals surface area contributed by atoms with Crippen LogP contribution in [0.4, 0.5) is 0 Å². The summed E-state index contributed by atoms with van der Waals surface area (Å²) in [7, 11) is 0. The topological polar surface area (TPSA) is 20.2 Å². The van der Waals surface area contributed by atoms with Crippen LogP contribution in [0.25, 0.3) is 0 Å². The summed E-state index contributed by atoms with van der Waals surface area (Å²) in [5, 5.41) is 9.52. The zero-order valence-corrected chi connectivity index (χ0v) is 9.91. The SMILES string of the molecule is CCCCCCCC(O)CSCC. The second-order valence-electron chi connectivity index (χ2n) is 3.52. The van der Waals surface area contributed by atoms with Crippen LogP contribution in [-0.4, -0.2) is 22.7 Å². The quantitative estimate of drug-likeness (QED) is 0.580. The molecule has 80 valence electrons. The molecule has 1 N–H and O–H groups in total. The van der Waals surface area contributed by atoms with Gasteiger partial charge in [0.25, 0.3) is 0 Å². The molecule has 0 aliphatic heterocycles. The largest absolute Gasteiger partial charge is 0.392 e. The molecule has 13 heavy (non-hydrogen) atoms. The number of hydrogen-bond acceptors (Lipinski definition) is 2. The smallest absolute Gasteiger partial charge is 0.0630 e. The molecular weight excluding hydrogens is 180 g/mol. The lowest BCUT2D eigenvalue weighted by Gasteiger charge is -2.08. The van der Waals surface area contributed by atoms with E-state index in [0.717, 1.165) is 17.9 Å². The second kappa shape index (κ2) is 10.4. The molecule has 0 saturated carbocycles. The molecule has 1 nitrogen and oxygen atoms in total. The third kappa shape index (κ3) is 10.2. The van der Waals surface area contributed by atoms with Crippen LogP contribution in [0.15, 0.2) is 0 Å². The predicted octanol–water partition coefficient (Wildman–Crippen LogP) is 3.46. The molecule has 0 amide bonds. The van der Waals surface area contributed by atoms with E-state index < -0.39 is 0 Å². The van der Waals surface area contributed by atoms with Gasteiger partial charge in [0.1, 0.15) is 0 Å². The molecule has 0 aromatic rings. The Morgan fingerprint density at radius 3 is 2.38 bits per heavy atom. The summed E-state index contributed by atoms with van der Waals surface area (Å²) in [5.41, 5.74) is 0. The molecule has 0 saturated heterocycles. The molecule has 0 aliphatic carbocycles. The monoisotopic (exact) mass is 204 g/mol. The van der Waals surface area contributed by atoms with Gasteiger partial charge in [-0.2, -0.15) is 11.8 Å². The van der Waals surface area contributed by atoms with Crippen molar-refractivity contribution in [1.29, 1.82) is 0 Å². The van der Waals surface area contributed by atoms with E-state index >= 15 is 0 Å². The lowest BCUT2D eigenvalue weighted by molar-refractivity contribution is 0.185. The maximum Gasteiger partial charge on any atom is 0.0630 e. The molecule has 2 heteroatoms. The highest BCUT2D eigenvalue weighted by molar-refractivity contribution is 7.99.